The van der Waals surface area contributed by atoms with E-state index < -0.39 is 0 Å². The predicted octanol–water partition coefficient (Wildman–Crippen LogP) is 1.26. The van der Waals surface area contributed by atoms with E-state index in [1.54, 1.807) is 14.0 Å². The molecule has 2 aromatic rings. The van der Waals surface area contributed by atoms with Gasteiger partial charge in [0, 0.05) is 26.7 Å². The molecule has 1 atom stereocenters. The number of aliphatic imine (C=N–C) groups is 1. The van der Waals surface area contributed by atoms with E-state index in [1.807, 2.05) is 12.1 Å². The van der Waals surface area contributed by atoms with Gasteiger partial charge in [0.2, 0.25) is 5.89 Å². The van der Waals surface area contributed by atoms with E-state index in [9.17, 15) is 4.39 Å². The summed E-state index contributed by atoms with van der Waals surface area (Å²) in [4.78, 5) is 10.7. The van der Waals surface area contributed by atoms with E-state index in [4.69, 9.17) is 9.26 Å². The van der Waals surface area contributed by atoms with E-state index in [0.717, 1.165) is 18.7 Å². The maximum atomic E-state index is 13.3. The first-order valence-corrected chi connectivity index (χ1v) is 8.96. The fraction of sp³-hybridized carbons (Fsp3) is 0.500. The first-order chi connectivity index (χ1) is 13.2. The Labute approximate surface area is 157 Å². The Kier molecular flexibility index (Phi) is 6.72. The molecule has 1 aliphatic rings. The van der Waals surface area contributed by atoms with Crippen molar-refractivity contribution in [3.63, 3.8) is 0 Å². The van der Waals surface area contributed by atoms with Crippen LogP contribution in [0.3, 0.4) is 0 Å². The highest BCUT2D eigenvalue weighted by Gasteiger charge is 2.23. The van der Waals surface area contributed by atoms with Crippen LogP contribution in [0.25, 0.3) is 0 Å². The van der Waals surface area contributed by atoms with Crippen molar-refractivity contribution in [2.75, 3.05) is 39.9 Å². The molecule has 9 heteroatoms. The molecule has 1 aliphatic heterocycles. The van der Waals surface area contributed by atoms with Crippen LogP contribution in [0.5, 0.6) is 0 Å². The number of hydrogen-bond acceptors (Lipinski definition) is 6. The van der Waals surface area contributed by atoms with Crippen LogP contribution < -0.4 is 10.6 Å². The number of nitrogens with zero attached hydrogens (tertiary/aromatic N) is 4. The van der Waals surface area contributed by atoms with E-state index in [2.05, 4.69) is 30.7 Å². The number of morpholine rings is 1. The number of ether oxygens (including phenoxy) is 1. The SMILES string of the molecule is CN=C(NCc1nc(C)no1)NCC(c1ccc(F)cc1)N1CCOCC1. The van der Waals surface area contributed by atoms with Crippen LogP contribution in [0.4, 0.5) is 4.39 Å². The van der Waals surface area contributed by atoms with Crippen molar-refractivity contribution < 1.29 is 13.7 Å². The highest BCUT2D eigenvalue weighted by molar-refractivity contribution is 5.79. The van der Waals surface area contributed by atoms with Crippen LogP contribution in [-0.4, -0.2) is 60.9 Å². The van der Waals surface area contributed by atoms with E-state index in [1.165, 1.54) is 12.1 Å². The summed E-state index contributed by atoms with van der Waals surface area (Å²) < 4.78 is 23.9. The average Bonchev–Trinajstić information content (AvgIpc) is 3.11. The van der Waals surface area contributed by atoms with Gasteiger partial charge < -0.3 is 19.9 Å². The number of aromatic nitrogens is 2. The molecule has 1 unspecified atom stereocenters. The van der Waals surface area contributed by atoms with Gasteiger partial charge in [-0.3, -0.25) is 9.89 Å². The van der Waals surface area contributed by atoms with Crippen molar-refractivity contribution in [2.45, 2.75) is 19.5 Å². The van der Waals surface area contributed by atoms with Gasteiger partial charge in [0.1, 0.15) is 5.82 Å². The Hall–Kier alpha value is -2.52. The molecule has 27 heavy (non-hydrogen) atoms. The van der Waals surface area contributed by atoms with E-state index in [0.29, 0.717) is 44.0 Å². The number of aryl methyl sites for hydroxylation is 1. The van der Waals surface area contributed by atoms with Crippen molar-refractivity contribution in [2.24, 2.45) is 4.99 Å². The first kappa shape index (κ1) is 19.2. The molecule has 1 fully saturated rings. The van der Waals surface area contributed by atoms with Gasteiger partial charge >= 0.3 is 0 Å². The van der Waals surface area contributed by atoms with Crippen molar-refractivity contribution in [3.8, 4) is 0 Å². The van der Waals surface area contributed by atoms with Gasteiger partial charge in [0.05, 0.1) is 25.8 Å². The molecule has 1 saturated heterocycles. The molecule has 3 rings (SSSR count). The van der Waals surface area contributed by atoms with E-state index in [-0.39, 0.29) is 11.9 Å². The number of nitrogens with one attached hydrogen (secondary N) is 2. The molecule has 0 bridgehead atoms. The topological polar surface area (TPSA) is 87.8 Å². The molecule has 146 valence electrons. The van der Waals surface area contributed by atoms with Crippen molar-refractivity contribution in [1.82, 2.24) is 25.7 Å². The average molecular weight is 376 g/mol. The van der Waals surface area contributed by atoms with Crippen molar-refractivity contribution in [1.29, 1.82) is 0 Å². The minimum atomic E-state index is -0.236. The van der Waals surface area contributed by atoms with Crippen LogP contribution in [0.2, 0.25) is 0 Å². The Balaban J connectivity index is 1.62. The molecule has 0 saturated carbocycles. The van der Waals surface area contributed by atoms with Gasteiger partial charge in [-0.25, -0.2) is 4.39 Å². The summed E-state index contributed by atoms with van der Waals surface area (Å²) in [6.45, 7) is 5.83. The molecule has 1 aromatic carbocycles. The summed E-state index contributed by atoms with van der Waals surface area (Å²) in [5.74, 6) is 1.49. The molecule has 2 N–H and O–H groups in total. The molecule has 0 spiro atoms. The second-order valence-electron chi connectivity index (χ2n) is 6.26. The maximum absolute atomic E-state index is 13.3. The van der Waals surface area contributed by atoms with Crippen LogP contribution in [-0.2, 0) is 11.3 Å². The zero-order chi connectivity index (χ0) is 19.1. The van der Waals surface area contributed by atoms with Gasteiger partial charge in [0.15, 0.2) is 11.8 Å². The minimum absolute atomic E-state index is 0.0821. The van der Waals surface area contributed by atoms with Gasteiger partial charge in [-0.05, 0) is 24.6 Å². The Morgan fingerprint density at radius 2 is 2.00 bits per heavy atom. The maximum Gasteiger partial charge on any atom is 0.246 e. The van der Waals surface area contributed by atoms with Gasteiger partial charge in [-0.1, -0.05) is 17.3 Å². The second kappa shape index (κ2) is 9.43. The van der Waals surface area contributed by atoms with Crippen molar-refractivity contribution >= 4 is 5.96 Å². The molecule has 0 radical (unpaired) electrons. The minimum Gasteiger partial charge on any atom is -0.379 e. The molecule has 8 nitrogen and oxygen atoms in total. The van der Waals surface area contributed by atoms with Gasteiger partial charge in [0.25, 0.3) is 0 Å². The summed E-state index contributed by atoms with van der Waals surface area (Å²) >= 11 is 0. The third kappa shape index (κ3) is 5.48. The lowest BCUT2D eigenvalue weighted by Crippen LogP contribution is -2.46. The third-order valence-corrected chi connectivity index (χ3v) is 4.40. The molecular weight excluding hydrogens is 351 g/mol. The monoisotopic (exact) mass is 376 g/mol. The zero-order valence-electron chi connectivity index (χ0n) is 15.6. The molecule has 1 aromatic heterocycles. The second-order valence-corrected chi connectivity index (χ2v) is 6.26. The molecular formula is C18H25FN6O2. The number of hydrogen-bond donors (Lipinski definition) is 2. The number of rotatable bonds is 6. The van der Waals surface area contributed by atoms with Gasteiger partial charge in [-0.2, -0.15) is 4.98 Å². The summed E-state index contributed by atoms with van der Waals surface area (Å²) in [5.41, 5.74) is 1.05. The summed E-state index contributed by atoms with van der Waals surface area (Å²) in [6.07, 6.45) is 0. The first-order valence-electron chi connectivity index (χ1n) is 8.96. The predicted molar refractivity (Wildman–Crippen MR) is 98.8 cm³/mol. The Morgan fingerprint density at radius 3 is 2.63 bits per heavy atom. The smallest absolute Gasteiger partial charge is 0.246 e. The Morgan fingerprint density at radius 1 is 1.26 bits per heavy atom. The molecule has 0 aliphatic carbocycles. The lowest BCUT2D eigenvalue weighted by atomic mass is 10.0. The quantitative estimate of drug-likeness (QED) is 0.580. The number of guanidine groups is 1. The molecule has 0 amide bonds. The fourth-order valence-electron chi connectivity index (χ4n) is 3.02. The lowest BCUT2D eigenvalue weighted by Gasteiger charge is -2.35. The van der Waals surface area contributed by atoms with Crippen LogP contribution in [0.15, 0.2) is 33.8 Å². The summed E-state index contributed by atoms with van der Waals surface area (Å²) in [6, 6.07) is 6.73. The Bertz CT molecular complexity index is 743. The summed E-state index contributed by atoms with van der Waals surface area (Å²) in [5, 5.41) is 10.3. The normalized spacial score (nSPS) is 16.9. The fourth-order valence-corrected chi connectivity index (χ4v) is 3.02. The largest absolute Gasteiger partial charge is 0.379 e. The summed E-state index contributed by atoms with van der Waals surface area (Å²) in [7, 11) is 1.70. The van der Waals surface area contributed by atoms with Crippen LogP contribution >= 0.6 is 0 Å². The standard InChI is InChI=1S/C18H25FN6O2/c1-13-23-17(27-24-13)12-22-18(20-2)21-11-16(25-7-9-26-10-8-25)14-3-5-15(19)6-4-14/h3-6,16H,7-12H2,1-2H3,(H2,20,21,22). The van der Waals surface area contributed by atoms with E-state index >= 15 is 0 Å². The zero-order valence-corrected chi connectivity index (χ0v) is 15.6. The molecule has 2 heterocycles. The van der Waals surface area contributed by atoms with Crippen LogP contribution in [0.1, 0.15) is 23.3 Å². The number of benzene rings is 1. The van der Waals surface area contributed by atoms with Crippen LogP contribution in [0, 0.1) is 12.7 Å². The highest BCUT2D eigenvalue weighted by atomic mass is 19.1. The van der Waals surface area contributed by atoms with Gasteiger partial charge in [-0.15, -0.1) is 0 Å². The third-order valence-electron chi connectivity index (χ3n) is 4.40. The van der Waals surface area contributed by atoms with Crippen molar-refractivity contribution in [3.05, 3.63) is 47.4 Å². The lowest BCUT2D eigenvalue weighted by molar-refractivity contribution is 0.0170. The highest BCUT2D eigenvalue weighted by Crippen LogP contribution is 2.21. The number of halogens is 1.